The van der Waals surface area contributed by atoms with E-state index in [2.05, 4.69) is 5.32 Å². The van der Waals surface area contributed by atoms with E-state index < -0.39 is 24.6 Å². The average Bonchev–Trinajstić information content (AvgIpc) is 2.62. The zero-order valence-electron chi connectivity index (χ0n) is 15.3. The number of thiocyanates is 1. The summed E-state index contributed by atoms with van der Waals surface area (Å²) in [4.78, 5) is 24.8. The second kappa shape index (κ2) is 9.64. The van der Waals surface area contributed by atoms with Crippen LogP contribution in [0.2, 0.25) is 0 Å². The lowest BCUT2D eigenvalue weighted by atomic mass is 10.2. The third-order valence-corrected chi connectivity index (χ3v) is 4.20. The number of nitrogens with zero attached hydrogens (tertiary/aromatic N) is 1. The number of anilines is 1. The molecule has 0 aliphatic rings. The van der Waals surface area contributed by atoms with Gasteiger partial charge in [0.25, 0.3) is 5.91 Å². The number of hydrogen-bond donors (Lipinski definition) is 1. The number of thioether (sulfide) groups is 1. The van der Waals surface area contributed by atoms with Gasteiger partial charge in [0.1, 0.15) is 11.2 Å². The largest absolute Gasteiger partial charge is 0.479 e. The number of aryl methyl sites for hydroxylation is 2. The molecule has 6 nitrogen and oxygen atoms in total. The van der Waals surface area contributed by atoms with Crippen LogP contribution in [0.5, 0.6) is 5.75 Å². The second-order valence-electron chi connectivity index (χ2n) is 5.90. The third kappa shape index (κ3) is 6.35. The van der Waals surface area contributed by atoms with Gasteiger partial charge in [-0.25, -0.2) is 4.79 Å². The normalized spacial score (nSPS) is 11.2. The molecule has 0 aliphatic carbocycles. The molecule has 0 saturated heterocycles. The molecule has 0 saturated carbocycles. The van der Waals surface area contributed by atoms with Crippen molar-refractivity contribution in [1.29, 1.82) is 5.26 Å². The number of nitrogens with one attached hydrogen (secondary N) is 1. The third-order valence-electron chi connectivity index (χ3n) is 3.62. The Morgan fingerprint density at radius 3 is 2.67 bits per heavy atom. The Labute approximate surface area is 162 Å². The summed E-state index contributed by atoms with van der Waals surface area (Å²) in [6, 6.07) is 12.6. The predicted octanol–water partition coefficient (Wildman–Crippen LogP) is 3.83. The van der Waals surface area contributed by atoms with Gasteiger partial charge in [-0.15, -0.1) is 0 Å². The Hall–Kier alpha value is -2.98. The fourth-order valence-electron chi connectivity index (χ4n) is 2.27. The van der Waals surface area contributed by atoms with Crippen molar-refractivity contribution in [1.82, 2.24) is 0 Å². The molecular formula is C20H20N2O4S. The molecule has 2 rings (SSSR count). The number of esters is 1. The highest BCUT2D eigenvalue weighted by Gasteiger charge is 2.18. The molecule has 2 aromatic rings. The molecule has 0 bridgehead atoms. The van der Waals surface area contributed by atoms with Crippen LogP contribution in [0.3, 0.4) is 0 Å². The van der Waals surface area contributed by atoms with Gasteiger partial charge in [-0.05, 0) is 74.0 Å². The molecule has 0 fully saturated rings. The molecule has 1 N–H and O–H groups in total. The van der Waals surface area contributed by atoms with Gasteiger partial charge >= 0.3 is 5.97 Å². The van der Waals surface area contributed by atoms with Crippen molar-refractivity contribution < 1.29 is 19.1 Å². The molecule has 1 atom stereocenters. The lowest BCUT2D eigenvalue weighted by Crippen LogP contribution is -2.29. The van der Waals surface area contributed by atoms with Crippen LogP contribution in [0.4, 0.5) is 5.69 Å². The summed E-state index contributed by atoms with van der Waals surface area (Å²) in [5.41, 5.74) is 2.43. The van der Waals surface area contributed by atoms with Gasteiger partial charge in [-0.1, -0.05) is 12.1 Å². The van der Waals surface area contributed by atoms with Gasteiger partial charge in [-0.3, -0.25) is 4.79 Å². The first-order chi connectivity index (χ1) is 12.9. The molecule has 0 spiro atoms. The van der Waals surface area contributed by atoms with E-state index in [1.54, 1.807) is 31.2 Å². The maximum atomic E-state index is 12.0. The maximum absolute atomic E-state index is 12.0. The Kier molecular flexibility index (Phi) is 7.26. The van der Waals surface area contributed by atoms with Gasteiger partial charge in [-0.2, -0.15) is 5.26 Å². The monoisotopic (exact) mass is 384 g/mol. The van der Waals surface area contributed by atoms with Crippen molar-refractivity contribution in [2.24, 2.45) is 0 Å². The minimum absolute atomic E-state index is 0.408. The first-order valence-corrected chi connectivity index (χ1v) is 9.07. The molecule has 0 aliphatic heterocycles. The van der Waals surface area contributed by atoms with Crippen molar-refractivity contribution in [2.75, 3.05) is 11.9 Å². The summed E-state index contributed by atoms with van der Waals surface area (Å²) in [7, 11) is 0. The second-order valence-corrected chi connectivity index (χ2v) is 6.76. The standard InChI is InChI=1S/C20H20N2O4S/c1-13-5-4-6-16(9-13)26-15(3)20(24)25-11-19(23)22-18-8-7-17(27-12-21)10-14(18)2/h4-10,15H,11H2,1-3H3,(H,22,23)/t15-/m1/s1. The van der Waals surface area contributed by atoms with Crippen LogP contribution in [0.25, 0.3) is 0 Å². The van der Waals surface area contributed by atoms with E-state index in [1.165, 1.54) is 0 Å². The van der Waals surface area contributed by atoms with Crippen LogP contribution < -0.4 is 10.1 Å². The summed E-state index contributed by atoms with van der Waals surface area (Å²) in [5.74, 6) is -0.506. The summed E-state index contributed by atoms with van der Waals surface area (Å²) >= 11 is 1.05. The van der Waals surface area contributed by atoms with E-state index in [-0.39, 0.29) is 0 Å². The topological polar surface area (TPSA) is 88.4 Å². The van der Waals surface area contributed by atoms with Gasteiger partial charge in [0.05, 0.1) is 0 Å². The number of carbonyl (C=O) groups is 2. The van der Waals surface area contributed by atoms with Gasteiger partial charge in [0.15, 0.2) is 12.7 Å². The molecule has 0 unspecified atom stereocenters. The minimum Gasteiger partial charge on any atom is -0.479 e. The fourth-order valence-corrected chi connectivity index (χ4v) is 2.75. The van der Waals surface area contributed by atoms with E-state index in [1.807, 2.05) is 37.4 Å². The van der Waals surface area contributed by atoms with Crippen LogP contribution in [0.1, 0.15) is 18.1 Å². The molecule has 140 valence electrons. The smallest absolute Gasteiger partial charge is 0.347 e. The van der Waals surface area contributed by atoms with Crippen molar-refractivity contribution in [3.05, 3.63) is 53.6 Å². The van der Waals surface area contributed by atoms with Crippen molar-refractivity contribution in [3.8, 4) is 11.2 Å². The zero-order valence-corrected chi connectivity index (χ0v) is 16.1. The SMILES string of the molecule is Cc1cccc(O[C@H](C)C(=O)OCC(=O)Nc2ccc(SC#N)cc2C)c1. The molecule has 0 aromatic heterocycles. The molecule has 2 aromatic carbocycles. The van der Waals surface area contributed by atoms with Crippen molar-refractivity contribution in [3.63, 3.8) is 0 Å². The van der Waals surface area contributed by atoms with E-state index in [0.29, 0.717) is 11.4 Å². The molecule has 27 heavy (non-hydrogen) atoms. The molecule has 7 heteroatoms. The van der Waals surface area contributed by atoms with Crippen LogP contribution in [-0.4, -0.2) is 24.6 Å². The van der Waals surface area contributed by atoms with Gasteiger partial charge < -0.3 is 14.8 Å². The Morgan fingerprint density at radius 2 is 2.00 bits per heavy atom. The summed E-state index contributed by atoms with van der Waals surface area (Å²) in [6.07, 6.45) is -0.830. The van der Waals surface area contributed by atoms with Crippen LogP contribution in [0.15, 0.2) is 47.4 Å². The maximum Gasteiger partial charge on any atom is 0.347 e. The van der Waals surface area contributed by atoms with Crippen LogP contribution >= 0.6 is 11.8 Å². The van der Waals surface area contributed by atoms with Gasteiger partial charge in [0.2, 0.25) is 0 Å². The summed E-state index contributed by atoms with van der Waals surface area (Å²) < 4.78 is 10.5. The predicted molar refractivity (Wildman–Crippen MR) is 104 cm³/mol. The lowest BCUT2D eigenvalue weighted by molar-refractivity contribution is -0.153. The van der Waals surface area contributed by atoms with E-state index in [4.69, 9.17) is 14.7 Å². The van der Waals surface area contributed by atoms with Crippen LogP contribution in [0, 0.1) is 24.5 Å². The fraction of sp³-hybridized carbons (Fsp3) is 0.250. The number of amides is 1. The molecule has 1 amide bonds. The van der Waals surface area contributed by atoms with E-state index in [0.717, 1.165) is 27.8 Å². The number of carbonyl (C=O) groups excluding carboxylic acids is 2. The Bertz CT molecular complexity index is 877. The van der Waals surface area contributed by atoms with Gasteiger partial charge in [0, 0.05) is 10.6 Å². The number of rotatable bonds is 7. The molecule has 0 radical (unpaired) electrons. The first kappa shape index (κ1) is 20.3. The van der Waals surface area contributed by atoms with Crippen LogP contribution in [-0.2, 0) is 14.3 Å². The number of ether oxygens (including phenoxy) is 2. The van der Waals surface area contributed by atoms with Crippen molar-refractivity contribution in [2.45, 2.75) is 31.8 Å². The van der Waals surface area contributed by atoms with Crippen molar-refractivity contribution >= 4 is 29.3 Å². The highest BCUT2D eigenvalue weighted by molar-refractivity contribution is 8.03. The quantitative estimate of drug-likeness (QED) is 0.443. The summed E-state index contributed by atoms with van der Waals surface area (Å²) in [5, 5.41) is 13.4. The Balaban J connectivity index is 1.84. The first-order valence-electron chi connectivity index (χ1n) is 8.25. The summed E-state index contributed by atoms with van der Waals surface area (Å²) in [6.45, 7) is 4.90. The number of benzene rings is 2. The number of nitriles is 1. The molecular weight excluding hydrogens is 364 g/mol. The van der Waals surface area contributed by atoms with E-state index >= 15 is 0 Å². The molecule has 0 heterocycles. The highest BCUT2D eigenvalue weighted by Crippen LogP contribution is 2.23. The number of hydrogen-bond acceptors (Lipinski definition) is 6. The minimum atomic E-state index is -0.830. The zero-order chi connectivity index (χ0) is 19.8. The van der Waals surface area contributed by atoms with E-state index in [9.17, 15) is 9.59 Å². The average molecular weight is 384 g/mol. The highest BCUT2D eigenvalue weighted by atomic mass is 32.2. The Morgan fingerprint density at radius 1 is 1.22 bits per heavy atom. The lowest BCUT2D eigenvalue weighted by Gasteiger charge is -2.14.